The van der Waals surface area contributed by atoms with Crippen LogP contribution in [0.3, 0.4) is 0 Å². The molecule has 1 fully saturated rings. The van der Waals surface area contributed by atoms with Crippen molar-refractivity contribution in [1.29, 1.82) is 0 Å². The molecule has 1 unspecified atom stereocenters. The summed E-state index contributed by atoms with van der Waals surface area (Å²) in [6.45, 7) is 0.706. The lowest BCUT2D eigenvalue weighted by Gasteiger charge is -2.35. The lowest BCUT2D eigenvalue weighted by atomic mass is 9.99. The highest BCUT2D eigenvalue weighted by Crippen LogP contribution is 2.23. The first-order valence-electron chi connectivity index (χ1n) is 7.12. The van der Waals surface area contributed by atoms with Crippen molar-refractivity contribution in [1.82, 2.24) is 9.88 Å². The number of nitrogens with two attached hydrogens (primary N) is 1. The summed E-state index contributed by atoms with van der Waals surface area (Å²) >= 11 is 5.13. The standard InChI is InChI=1S/C16H17N3OS/c17-15(21)14-8-1-2-10-19(14)16(20)12-5-3-7-13-11(12)6-4-9-18-13/h3-7,9,14H,1-2,8,10H2,(H2,17,21). The molecule has 0 saturated carbocycles. The van der Waals surface area contributed by atoms with E-state index in [0.717, 1.165) is 30.2 Å². The van der Waals surface area contributed by atoms with Crippen molar-refractivity contribution in [2.45, 2.75) is 25.3 Å². The zero-order chi connectivity index (χ0) is 14.8. The summed E-state index contributed by atoms with van der Waals surface area (Å²) < 4.78 is 0. The molecule has 0 radical (unpaired) electrons. The molecule has 1 saturated heterocycles. The van der Waals surface area contributed by atoms with Crippen LogP contribution in [-0.4, -0.2) is 33.4 Å². The third-order valence-corrected chi connectivity index (χ3v) is 4.24. The zero-order valence-electron chi connectivity index (χ0n) is 11.7. The van der Waals surface area contributed by atoms with Crippen LogP contribution in [-0.2, 0) is 0 Å². The fourth-order valence-electron chi connectivity index (χ4n) is 2.91. The van der Waals surface area contributed by atoms with Crippen LogP contribution >= 0.6 is 12.2 Å². The first-order chi connectivity index (χ1) is 10.2. The molecule has 1 aliphatic rings. The molecule has 2 aromatic rings. The minimum Gasteiger partial charge on any atom is -0.392 e. The number of rotatable bonds is 2. The minimum atomic E-state index is -0.131. The van der Waals surface area contributed by atoms with Gasteiger partial charge in [-0.3, -0.25) is 9.78 Å². The predicted molar refractivity (Wildman–Crippen MR) is 87.2 cm³/mol. The van der Waals surface area contributed by atoms with E-state index in [9.17, 15) is 4.79 Å². The number of hydrogen-bond donors (Lipinski definition) is 1. The Morgan fingerprint density at radius 3 is 2.95 bits per heavy atom. The molecule has 108 valence electrons. The van der Waals surface area contributed by atoms with Gasteiger partial charge in [-0.2, -0.15) is 0 Å². The topological polar surface area (TPSA) is 59.2 Å². The lowest BCUT2D eigenvalue weighted by Crippen LogP contribution is -2.49. The van der Waals surface area contributed by atoms with Gasteiger partial charge in [0.1, 0.15) is 0 Å². The Hall–Kier alpha value is -2.01. The van der Waals surface area contributed by atoms with E-state index in [1.165, 1.54) is 0 Å². The molecule has 2 heterocycles. The molecule has 0 aliphatic carbocycles. The number of aromatic nitrogens is 1. The Morgan fingerprint density at radius 2 is 2.14 bits per heavy atom. The van der Waals surface area contributed by atoms with Gasteiger partial charge in [-0.15, -0.1) is 0 Å². The van der Waals surface area contributed by atoms with Crippen LogP contribution in [0.1, 0.15) is 29.6 Å². The normalized spacial score (nSPS) is 18.7. The van der Waals surface area contributed by atoms with Crippen LogP contribution in [0.2, 0.25) is 0 Å². The third kappa shape index (κ3) is 2.61. The van der Waals surface area contributed by atoms with E-state index in [4.69, 9.17) is 18.0 Å². The number of piperidine rings is 1. The van der Waals surface area contributed by atoms with Crippen molar-refractivity contribution in [3.63, 3.8) is 0 Å². The lowest BCUT2D eigenvalue weighted by molar-refractivity contribution is 0.0683. The molecule has 1 aromatic carbocycles. The number of fused-ring (bicyclic) bond motifs is 1. The molecule has 1 aromatic heterocycles. The first-order valence-corrected chi connectivity index (χ1v) is 7.53. The number of hydrogen-bond acceptors (Lipinski definition) is 3. The van der Waals surface area contributed by atoms with Gasteiger partial charge in [0, 0.05) is 23.7 Å². The fraction of sp³-hybridized carbons (Fsp3) is 0.312. The van der Waals surface area contributed by atoms with Crippen LogP contribution in [0, 0.1) is 0 Å². The molecule has 2 N–H and O–H groups in total. The van der Waals surface area contributed by atoms with E-state index in [1.807, 2.05) is 35.2 Å². The molecular formula is C16H17N3OS. The van der Waals surface area contributed by atoms with Crippen molar-refractivity contribution in [3.8, 4) is 0 Å². The molecular weight excluding hydrogens is 282 g/mol. The van der Waals surface area contributed by atoms with E-state index in [1.54, 1.807) is 6.20 Å². The van der Waals surface area contributed by atoms with E-state index >= 15 is 0 Å². The number of benzene rings is 1. The van der Waals surface area contributed by atoms with E-state index < -0.39 is 0 Å². The van der Waals surface area contributed by atoms with Crippen LogP contribution in [0.25, 0.3) is 10.9 Å². The number of carbonyl (C=O) groups is 1. The summed E-state index contributed by atoms with van der Waals surface area (Å²) in [5.74, 6) is -0.00824. The number of carbonyl (C=O) groups excluding carboxylic acids is 1. The van der Waals surface area contributed by atoms with Gasteiger partial charge >= 0.3 is 0 Å². The second-order valence-electron chi connectivity index (χ2n) is 5.29. The average Bonchev–Trinajstić information content (AvgIpc) is 2.53. The van der Waals surface area contributed by atoms with Gasteiger partial charge in [-0.05, 0) is 37.5 Å². The smallest absolute Gasteiger partial charge is 0.255 e. The number of nitrogens with zero attached hydrogens (tertiary/aromatic N) is 2. The van der Waals surface area contributed by atoms with Gasteiger partial charge < -0.3 is 10.6 Å². The molecule has 0 spiro atoms. The highest BCUT2D eigenvalue weighted by molar-refractivity contribution is 7.80. The molecule has 5 heteroatoms. The highest BCUT2D eigenvalue weighted by atomic mass is 32.1. The minimum absolute atomic E-state index is 0.00824. The maximum atomic E-state index is 12.9. The molecule has 21 heavy (non-hydrogen) atoms. The maximum Gasteiger partial charge on any atom is 0.255 e. The molecule has 0 bridgehead atoms. The van der Waals surface area contributed by atoms with Crippen LogP contribution in [0.15, 0.2) is 36.5 Å². The largest absolute Gasteiger partial charge is 0.392 e. The summed E-state index contributed by atoms with van der Waals surface area (Å²) in [4.78, 5) is 19.4. The monoisotopic (exact) mass is 299 g/mol. The second kappa shape index (κ2) is 5.77. The summed E-state index contributed by atoms with van der Waals surface area (Å²) in [5, 5.41) is 0.872. The van der Waals surface area contributed by atoms with Crippen molar-refractivity contribution in [2.24, 2.45) is 5.73 Å². The molecule has 1 atom stereocenters. The number of likely N-dealkylation sites (tertiary alicyclic amines) is 1. The summed E-state index contributed by atoms with van der Waals surface area (Å²) in [6.07, 6.45) is 4.64. The number of thiocarbonyl (C=S) groups is 1. The Balaban J connectivity index is 2.01. The van der Waals surface area contributed by atoms with Gasteiger partial charge in [-0.25, -0.2) is 0 Å². The summed E-state index contributed by atoms with van der Waals surface area (Å²) in [5.41, 5.74) is 7.31. The number of amides is 1. The Kier molecular flexibility index (Phi) is 3.84. The Labute approximate surface area is 129 Å². The van der Waals surface area contributed by atoms with Gasteiger partial charge in [0.2, 0.25) is 0 Å². The van der Waals surface area contributed by atoms with Crippen LogP contribution < -0.4 is 5.73 Å². The van der Waals surface area contributed by atoms with Gasteiger partial charge in [0.15, 0.2) is 0 Å². The van der Waals surface area contributed by atoms with Crippen molar-refractivity contribution < 1.29 is 4.79 Å². The highest BCUT2D eigenvalue weighted by Gasteiger charge is 2.29. The predicted octanol–water partition coefficient (Wildman–Crippen LogP) is 2.52. The fourth-order valence-corrected chi connectivity index (χ4v) is 3.16. The zero-order valence-corrected chi connectivity index (χ0v) is 12.5. The SMILES string of the molecule is NC(=S)C1CCCCN1C(=O)c1cccc2ncccc12. The Morgan fingerprint density at radius 1 is 1.29 bits per heavy atom. The third-order valence-electron chi connectivity index (χ3n) is 3.97. The van der Waals surface area contributed by atoms with Gasteiger partial charge in [-0.1, -0.05) is 24.4 Å². The first kappa shape index (κ1) is 13.9. The Bertz CT molecular complexity index is 695. The maximum absolute atomic E-state index is 12.9. The van der Waals surface area contributed by atoms with Crippen molar-refractivity contribution >= 4 is 34.0 Å². The second-order valence-corrected chi connectivity index (χ2v) is 5.76. The van der Waals surface area contributed by atoms with Crippen LogP contribution in [0.5, 0.6) is 0 Å². The quantitative estimate of drug-likeness (QED) is 0.866. The molecule has 1 aliphatic heterocycles. The summed E-state index contributed by atoms with van der Waals surface area (Å²) in [7, 11) is 0. The van der Waals surface area contributed by atoms with Crippen molar-refractivity contribution in [3.05, 3.63) is 42.1 Å². The molecule has 4 nitrogen and oxygen atoms in total. The van der Waals surface area contributed by atoms with E-state index in [2.05, 4.69) is 4.98 Å². The average molecular weight is 299 g/mol. The van der Waals surface area contributed by atoms with Crippen molar-refractivity contribution in [2.75, 3.05) is 6.54 Å². The van der Waals surface area contributed by atoms with Gasteiger partial charge in [0.25, 0.3) is 5.91 Å². The van der Waals surface area contributed by atoms with Gasteiger partial charge in [0.05, 0.1) is 16.5 Å². The number of pyridine rings is 1. The summed E-state index contributed by atoms with van der Waals surface area (Å²) in [6, 6.07) is 9.26. The van der Waals surface area contributed by atoms with Crippen LogP contribution in [0.4, 0.5) is 0 Å². The van der Waals surface area contributed by atoms with E-state index in [0.29, 0.717) is 17.1 Å². The molecule has 1 amide bonds. The molecule has 3 rings (SSSR count). The van der Waals surface area contributed by atoms with E-state index in [-0.39, 0.29) is 11.9 Å².